The van der Waals surface area contributed by atoms with Gasteiger partial charge in [0, 0.05) is 28.6 Å². The maximum Gasteiger partial charge on any atom is 0.187 e. The van der Waals surface area contributed by atoms with Gasteiger partial charge in [0.15, 0.2) is 5.78 Å². The number of allylic oxidation sites excluding steroid dienone is 1. The van der Waals surface area contributed by atoms with Crippen molar-refractivity contribution in [2.45, 2.75) is 13.8 Å². The average Bonchev–Trinajstić information content (AvgIpc) is 2.81. The maximum atomic E-state index is 12.0. The van der Waals surface area contributed by atoms with Crippen LogP contribution in [0, 0.1) is 13.8 Å². The summed E-state index contributed by atoms with van der Waals surface area (Å²) in [5, 5.41) is 4.05. The number of hydrogen-bond donors (Lipinski definition) is 0. The first-order chi connectivity index (χ1) is 8.08. The van der Waals surface area contributed by atoms with Crippen LogP contribution in [0.4, 0.5) is 0 Å². The van der Waals surface area contributed by atoms with E-state index in [2.05, 4.69) is 5.10 Å². The predicted octanol–water partition coefficient (Wildman–Crippen LogP) is 2.99. The second kappa shape index (κ2) is 4.67. The van der Waals surface area contributed by atoms with Gasteiger partial charge in [0.2, 0.25) is 0 Å². The van der Waals surface area contributed by atoms with Gasteiger partial charge in [-0.2, -0.15) is 5.10 Å². The molecule has 0 radical (unpaired) electrons. The molecular weight excluding hydrogens is 232 g/mol. The Morgan fingerprint density at radius 3 is 2.76 bits per heavy atom. The van der Waals surface area contributed by atoms with E-state index in [0.717, 1.165) is 16.1 Å². The minimum atomic E-state index is 0.0491. The van der Waals surface area contributed by atoms with Crippen LogP contribution in [0.25, 0.3) is 6.08 Å². The smallest absolute Gasteiger partial charge is 0.187 e. The summed E-state index contributed by atoms with van der Waals surface area (Å²) in [5.41, 5.74) is 1.72. The zero-order chi connectivity index (χ0) is 12.4. The number of carbonyl (C=O) groups excluding carboxylic acids is 1. The molecule has 0 unspecified atom stereocenters. The standard InChI is InChI=1S/C13H14N2OS/c1-9-8-12(10(2)17-9)13(16)5-4-11-6-7-14-15(11)3/h4-8H,1-3H3/b5-4+. The molecule has 0 bridgehead atoms. The fourth-order valence-electron chi connectivity index (χ4n) is 1.67. The Kier molecular flexibility index (Phi) is 3.24. The first-order valence-electron chi connectivity index (χ1n) is 5.35. The summed E-state index contributed by atoms with van der Waals surface area (Å²) in [6.07, 6.45) is 5.11. The molecular formula is C13H14N2OS. The highest BCUT2D eigenvalue weighted by atomic mass is 32.1. The molecule has 0 aliphatic heterocycles. The van der Waals surface area contributed by atoms with E-state index < -0.39 is 0 Å². The molecule has 3 nitrogen and oxygen atoms in total. The molecule has 0 spiro atoms. The third-order valence-corrected chi connectivity index (χ3v) is 3.54. The van der Waals surface area contributed by atoms with Crippen LogP contribution in [-0.4, -0.2) is 15.6 Å². The number of aromatic nitrogens is 2. The molecule has 2 heterocycles. The highest BCUT2D eigenvalue weighted by Gasteiger charge is 2.08. The first kappa shape index (κ1) is 11.8. The van der Waals surface area contributed by atoms with E-state index in [1.165, 1.54) is 4.88 Å². The van der Waals surface area contributed by atoms with E-state index in [1.54, 1.807) is 34.4 Å². The predicted molar refractivity (Wildman–Crippen MR) is 70.4 cm³/mol. The van der Waals surface area contributed by atoms with Gasteiger partial charge in [0.05, 0.1) is 5.69 Å². The molecule has 0 saturated carbocycles. The van der Waals surface area contributed by atoms with Crippen LogP contribution < -0.4 is 0 Å². The lowest BCUT2D eigenvalue weighted by atomic mass is 10.1. The van der Waals surface area contributed by atoms with Crippen LogP contribution in [0.1, 0.15) is 25.8 Å². The van der Waals surface area contributed by atoms with E-state index in [0.29, 0.717) is 0 Å². The number of aryl methyl sites for hydroxylation is 3. The van der Waals surface area contributed by atoms with Crippen molar-refractivity contribution in [3.63, 3.8) is 0 Å². The van der Waals surface area contributed by atoms with Gasteiger partial charge in [-0.15, -0.1) is 11.3 Å². The summed E-state index contributed by atoms with van der Waals surface area (Å²) in [5.74, 6) is 0.0491. The lowest BCUT2D eigenvalue weighted by Gasteiger charge is -1.94. The number of rotatable bonds is 3. The molecule has 0 atom stereocenters. The van der Waals surface area contributed by atoms with Crippen LogP contribution in [0.3, 0.4) is 0 Å². The average molecular weight is 246 g/mol. The van der Waals surface area contributed by atoms with Crippen LogP contribution in [0.5, 0.6) is 0 Å². The zero-order valence-electron chi connectivity index (χ0n) is 10.1. The zero-order valence-corrected chi connectivity index (χ0v) is 10.9. The molecule has 0 aliphatic carbocycles. The monoisotopic (exact) mass is 246 g/mol. The van der Waals surface area contributed by atoms with E-state index in [1.807, 2.05) is 33.0 Å². The van der Waals surface area contributed by atoms with Crippen molar-refractivity contribution < 1.29 is 4.79 Å². The van der Waals surface area contributed by atoms with E-state index in [4.69, 9.17) is 0 Å². The highest BCUT2D eigenvalue weighted by Crippen LogP contribution is 2.21. The van der Waals surface area contributed by atoms with Crippen molar-refractivity contribution in [2.24, 2.45) is 7.05 Å². The Bertz CT molecular complexity index is 578. The third-order valence-electron chi connectivity index (χ3n) is 2.57. The van der Waals surface area contributed by atoms with Gasteiger partial charge in [-0.25, -0.2) is 0 Å². The second-order valence-electron chi connectivity index (χ2n) is 3.90. The third kappa shape index (κ3) is 2.53. The van der Waals surface area contributed by atoms with Crippen molar-refractivity contribution >= 4 is 23.2 Å². The van der Waals surface area contributed by atoms with Crippen LogP contribution in [0.15, 0.2) is 24.4 Å². The molecule has 0 aromatic carbocycles. The van der Waals surface area contributed by atoms with Gasteiger partial charge in [-0.05, 0) is 38.1 Å². The lowest BCUT2D eigenvalue weighted by molar-refractivity contribution is 0.104. The molecule has 88 valence electrons. The molecule has 0 aliphatic rings. The number of carbonyl (C=O) groups is 1. The Balaban J connectivity index is 2.20. The highest BCUT2D eigenvalue weighted by molar-refractivity contribution is 7.12. The topological polar surface area (TPSA) is 34.9 Å². The Morgan fingerprint density at radius 2 is 2.24 bits per heavy atom. The fourth-order valence-corrected chi connectivity index (χ4v) is 2.60. The lowest BCUT2D eigenvalue weighted by Crippen LogP contribution is -1.96. The van der Waals surface area contributed by atoms with Crippen molar-refractivity contribution in [3.8, 4) is 0 Å². The summed E-state index contributed by atoms with van der Waals surface area (Å²) in [7, 11) is 1.85. The van der Waals surface area contributed by atoms with Crippen molar-refractivity contribution in [1.82, 2.24) is 9.78 Å². The summed E-state index contributed by atoms with van der Waals surface area (Å²) in [4.78, 5) is 14.2. The molecule has 0 amide bonds. The number of ketones is 1. The molecule has 4 heteroatoms. The van der Waals surface area contributed by atoms with Gasteiger partial charge < -0.3 is 0 Å². The quantitative estimate of drug-likeness (QED) is 0.616. The van der Waals surface area contributed by atoms with Crippen LogP contribution in [0.2, 0.25) is 0 Å². The SMILES string of the molecule is Cc1cc(C(=O)/C=C/c2ccnn2C)c(C)s1. The minimum absolute atomic E-state index is 0.0491. The molecule has 0 saturated heterocycles. The van der Waals surface area contributed by atoms with Crippen molar-refractivity contribution in [2.75, 3.05) is 0 Å². The summed E-state index contributed by atoms with van der Waals surface area (Å²) in [6.45, 7) is 3.99. The molecule has 2 aromatic rings. The van der Waals surface area contributed by atoms with Crippen LogP contribution in [-0.2, 0) is 7.05 Å². The Labute approximate surface area is 104 Å². The normalized spacial score (nSPS) is 11.2. The van der Waals surface area contributed by atoms with Crippen LogP contribution >= 0.6 is 11.3 Å². The van der Waals surface area contributed by atoms with Gasteiger partial charge in [-0.3, -0.25) is 9.48 Å². The molecule has 0 fully saturated rings. The van der Waals surface area contributed by atoms with Gasteiger partial charge in [-0.1, -0.05) is 0 Å². The van der Waals surface area contributed by atoms with Crippen molar-refractivity contribution in [1.29, 1.82) is 0 Å². The van der Waals surface area contributed by atoms with E-state index in [-0.39, 0.29) is 5.78 Å². The largest absolute Gasteiger partial charge is 0.289 e. The molecule has 17 heavy (non-hydrogen) atoms. The molecule has 0 N–H and O–H groups in total. The Morgan fingerprint density at radius 1 is 1.47 bits per heavy atom. The first-order valence-corrected chi connectivity index (χ1v) is 6.17. The van der Waals surface area contributed by atoms with E-state index in [9.17, 15) is 4.79 Å². The van der Waals surface area contributed by atoms with Crippen molar-refractivity contribution in [3.05, 3.63) is 45.4 Å². The summed E-state index contributed by atoms with van der Waals surface area (Å²) >= 11 is 1.65. The molecule has 2 rings (SSSR count). The summed E-state index contributed by atoms with van der Waals surface area (Å²) in [6, 6.07) is 3.81. The molecule has 2 aromatic heterocycles. The van der Waals surface area contributed by atoms with Gasteiger partial charge >= 0.3 is 0 Å². The van der Waals surface area contributed by atoms with Gasteiger partial charge in [0.1, 0.15) is 0 Å². The second-order valence-corrected chi connectivity index (χ2v) is 5.36. The summed E-state index contributed by atoms with van der Waals surface area (Å²) < 4.78 is 1.73. The number of hydrogen-bond acceptors (Lipinski definition) is 3. The Hall–Kier alpha value is -1.68. The van der Waals surface area contributed by atoms with Gasteiger partial charge in [0.25, 0.3) is 0 Å². The number of thiophene rings is 1. The maximum absolute atomic E-state index is 12.0. The van der Waals surface area contributed by atoms with E-state index >= 15 is 0 Å². The number of nitrogens with zero attached hydrogens (tertiary/aromatic N) is 2. The fraction of sp³-hybridized carbons (Fsp3) is 0.231. The minimum Gasteiger partial charge on any atom is -0.289 e.